The van der Waals surface area contributed by atoms with Gasteiger partial charge in [-0.15, -0.1) is 6.58 Å². The number of fused-ring (bicyclic) bond motifs is 2. The van der Waals surface area contributed by atoms with Crippen LogP contribution in [-0.4, -0.2) is 0 Å². The second-order valence-electron chi connectivity index (χ2n) is 4.79. The minimum Gasteiger partial charge on any atom is -0.103 e. The van der Waals surface area contributed by atoms with E-state index in [-0.39, 0.29) is 0 Å². The van der Waals surface area contributed by atoms with Crippen molar-refractivity contribution in [2.75, 3.05) is 0 Å². The van der Waals surface area contributed by atoms with Gasteiger partial charge in [-0.05, 0) is 55.3 Å². The lowest BCUT2D eigenvalue weighted by Gasteiger charge is -2.46. The third kappa shape index (κ3) is 0.758. The lowest BCUT2D eigenvalue weighted by atomic mass is 9.59. The van der Waals surface area contributed by atoms with Crippen LogP contribution in [-0.2, 0) is 0 Å². The largest absolute Gasteiger partial charge is 0.103 e. The number of hydrogen-bond acceptors (Lipinski definition) is 0. The molecule has 0 aromatic carbocycles. The first kappa shape index (κ1) is 6.28. The van der Waals surface area contributed by atoms with E-state index in [1.165, 1.54) is 12.3 Å². The monoisotopic (exact) mass is 148 g/mol. The molecule has 0 saturated heterocycles. The summed E-state index contributed by atoms with van der Waals surface area (Å²) in [6, 6.07) is 0. The highest BCUT2D eigenvalue weighted by atomic mass is 14.6. The maximum absolute atomic E-state index is 3.91. The van der Waals surface area contributed by atoms with E-state index in [2.05, 4.69) is 12.7 Å². The first-order valence-electron chi connectivity index (χ1n) is 5.01. The normalized spacial score (nSPS) is 58.7. The molecule has 0 bridgehead atoms. The van der Waals surface area contributed by atoms with Gasteiger partial charge in [0.15, 0.2) is 0 Å². The second kappa shape index (κ2) is 1.91. The molecule has 5 atom stereocenters. The molecule has 0 aromatic heterocycles. The van der Waals surface area contributed by atoms with Crippen LogP contribution in [0.5, 0.6) is 0 Å². The Labute approximate surface area is 68.7 Å². The summed E-state index contributed by atoms with van der Waals surface area (Å²) in [5.74, 6) is 5.40. The molecule has 0 aliphatic heterocycles. The summed E-state index contributed by atoms with van der Waals surface area (Å²) in [6.07, 6.45) is 8.35. The van der Waals surface area contributed by atoms with E-state index in [0.717, 1.165) is 23.7 Å². The molecule has 3 rings (SSSR count). The molecule has 0 heteroatoms. The third-order valence-corrected chi connectivity index (χ3v) is 4.28. The molecule has 3 aliphatic carbocycles. The molecule has 0 N–H and O–H groups in total. The number of hydrogen-bond donors (Lipinski definition) is 0. The zero-order chi connectivity index (χ0) is 7.42. The third-order valence-electron chi connectivity index (χ3n) is 4.28. The van der Waals surface area contributed by atoms with E-state index in [4.69, 9.17) is 0 Å². The quantitative estimate of drug-likeness (QED) is 0.502. The molecule has 11 heavy (non-hydrogen) atoms. The van der Waals surface area contributed by atoms with Crippen molar-refractivity contribution >= 4 is 0 Å². The number of allylic oxidation sites excluding steroid dienone is 1. The summed E-state index contributed by atoms with van der Waals surface area (Å²) >= 11 is 0. The van der Waals surface area contributed by atoms with Gasteiger partial charge in [-0.3, -0.25) is 0 Å². The van der Waals surface area contributed by atoms with Crippen LogP contribution in [0.2, 0.25) is 0 Å². The maximum atomic E-state index is 3.91. The lowest BCUT2D eigenvalue weighted by molar-refractivity contribution is 0.0553. The Kier molecular flexibility index (Phi) is 1.09. The molecule has 5 unspecified atom stereocenters. The molecular formula is C11H16. The van der Waals surface area contributed by atoms with E-state index in [9.17, 15) is 0 Å². The molecule has 3 saturated carbocycles. The summed E-state index contributed by atoms with van der Waals surface area (Å²) in [6.45, 7) is 3.91. The van der Waals surface area contributed by atoms with Crippen molar-refractivity contribution in [1.29, 1.82) is 0 Å². The molecule has 0 aromatic rings. The Morgan fingerprint density at radius 2 is 1.64 bits per heavy atom. The standard InChI is InChI=1S/C11H16/c1-2-7-3-10-5-8-4-9(8)6-11(7)10/h2,7-11H,1,3-6H2. The Bertz CT molecular complexity index is 194. The van der Waals surface area contributed by atoms with Gasteiger partial charge < -0.3 is 0 Å². The molecule has 3 fully saturated rings. The van der Waals surface area contributed by atoms with Crippen molar-refractivity contribution in [1.82, 2.24) is 0 Å². The Balaban J connectivity index is 1.73. The van der Waals surface area contributed by atoms with Crippen LogP contribution in [0.1, 0.15) is 25.7 Å². The first-order valence-corrected chi connectivity index (χ1v) is 5.01. The van der Waals surface area contributed by atoms with Crippen LogP contribution in [0.3, 0.4) is 0 Å². The van der Waals surface area contributed by atoms with Crippen molar-refractivity contribution < 1.29 is 0 Å². The Morgan fingerprint density at radius 1 is 0.909 bits per heavy atom. The second-order valence-corrected chi connectivity index (χ2v) is 4.79. The van der Waals surface area contributed by atoms with Gasteiger partial charge in [-0.2, -0.15) is 0 Å². The molecule has 3 aliphatic rings. The molecular weight excluding hydrogens is 132 g/mol. The van der Waals surface area contributed by atoms with Gasteiger partial charge in [0.2, 0.25) is 0 Å². The van der Waals surface area contributed by atoms with Crippen molar-refractivity contribution in [3.05, 3.63) is 12.7 Å². The fourth-order valence-electron chi connectivity index (χ4n) is 3.39. The predicted molar refractivity (Wildman–Crippen MR) is 46.1 cm³/mol. The fourth-order valence-corrected chi connectivity index (χ4v) is 3.39. The summed E-state index contributed by atoms with van der Waals surface area (Å²) < 4.78 is 0. The van der Waals surface area contributed by atoms with Gasteiger partial charge in [0.05, 0.1) is 0 Å². The highest BCUT2D eigenvalue weighted by Crippen LogP contribution is 2.61. The van der Waals surface area contributed by atoms with Crippen molar-refractivity contribution in [3.8, 4) is 0 Å². The van der Waals surface area contributed by atoms with E-state index >= 15 is 0 Å². The maximum Gasteiger partial charge on any atom is -0.0202 e. The van der Waals surface area contributed by atoms with Crippen LogP contribution in [0, 0.1) is 29.6 Å². The van der Waals surface area contributed by atoms with Crippen LogP contribution in [0.15, 0.2) is 12.7 Å². The van der Waals surface area contributed by atoms with E-state index in [1.807, 2.05) is 0 Å². The van der Waals surface area contributed by atoms with E-state index in [1.54, 1.807) is 19.3 Å². The molecule has 0 spiro atoms. The average Bonchev–Trinajstić information content (AvgIpc) is 2.71. The SMILES string of the molecule is C=CC1CC2CC3CC3CC12. The Morgan fingerprint density at radius 3 is 2.45 bits per heavy atom. The van der Waals surface area contributed by atoms with Crippen LogP contribution in [0.25, 0.3) is 0 Å². The van der Waals surface area contributed by atoms with Crippen molar-refractivity contribution in [2.24, 2.45) is 29.6 Å². The lowest BCUT2D eigenvalue weighted by Crippen LogP contribution is -2.38. The van der Waals surface area contributed by atoms with Gasteiger partial charge in [-0.1, -0.05) is 6.08 Å². The zero-order valence-electron chi connectivity index (χ0n) is 7.00. The van der Waals surface area contributed by atoms with Gasteiger partial charge in [0.25, 0.3) is 0 Å². The number of rotatable bonds is 1. The van der Waals surface area contributed by atoms with Crippen LogP contribution >= 0.6 is 0 Å². The van der Waals surface area contributed by atoms with Crippen LogP contribution < -0.4 is 0 Å². The summed E-state index contributed by atoms with van der Waals surface area (Å²) in [5, 5.41) is 0. The van der Waals surface area contributed by atoms with E-state index < -0.39 is 0 Å². The minimum atomic E-state index is 0.904. The highest BCUT2D eigenvalue weighted by molar-refractivity contribution is 5.06. The molecule has 0 amide bonds. The highest BCUT2D eigenvalue weighted by Gasteiger charge is 2.52. The van der Waals surface area contributed by atoms with Gasteiger partial charge in [-0.25, -0.2) is 0 Å². The first-order chi connectivity index (χ1) is 5.38. The van der Waals surface area contributed by atoms with Crippen molar-refractivity contribution in [2.45, 2.75) is 25.7 Å². The van der Waals surface area contributed by atoms with Gasteiger partial charge in [0, 0.05) is 0 Å². The molecule has 0 heterocycles. The average molecular weight is 148 g/mol. The molecule has 0 nitrogen and oxygen atoms in total. The smallest absolute Gasteiger partial charge is 0.0202 e. The fraction of sp³-hybridized carbons (Fsp3) is 0.818. The summed E-state index contributed by atoms with van der Waals surface area (Å²) in [5.41, 5.74) is 0. The Hall–Kier alpha value is -0.260. The topological polar surface area (TPSA) is 0 Å². The summed E-state index contributed by atoms with van der Waals surface area (Å²) in [7, 11) is 0. The van der Waals surface area contributed by atoms with Crippen LogP contribution in [0.4, 0.5) is 0 Å². The van der Waals surface area contributed by atoms with Crippen molar-refractivity contribution in [3.63, 3.8) is 0 Å². The van der Waals surface area contributed by atoms with E-state index in [0.29, 0.717) is 0 Å². The predicted octanol–water partition coefficient (Wildman–Crippen LogP) is 2.85. The van der Waals surface area contributed by atoms with Gasteiger partial charge in [0.1, 0.15) is 0 Å². The minimum absolute atomic E-state index is 0.904. The van der Waals surface area contributed by atoms with Gasteiger partial charge >= 0.3 is 0 Å². The molecule has 0 radical (unpaired) electrons. The molecule has 60 valence electrons. The zero-order valence-corrected chi connectivity index (χ0v) is 7.00. The summed E-state index contributed by atoms with van der Waals surface area (Å²) in [4.78, 5) is 0.